The molecule has 106 valence electrons. The molecule has 0 aliphatic carbocycles. The predicted octanol–water partition coefficient (Wildman–Crippen LogP) is 1.49. The minimum absolute atomic E-state index is 0.160. The van der Waals surface area contributed by atoms with Crippen molar-refractivity contribution >= 4 is 6.09 Å². The molecular weight excluding hydrogens is 232 g/mol. The first kappa shape index (κ1) is 15.2. The van der Waals surface area contributed by atoms with E-state index in [2.05, 4.69) is 0 Å². The van der Waals surface area contributed by atoms with E-state index in [1.165, 1.54) is 0 Å². The van der Waals surface area contributed by atoms with Crippen LogP contribution in [0.4, 0.5) is 4.79 Å². The molecule has 0 aromatic carbocycles. The third kappa shape index (κ3) is 3.36. The van der Waals surface area contributed by atoms with Crippen LogP contribution in [-0.4, -0.2) is 46.4 Å². The summed E-state index contributed by atoms with van der Waals surface area (Å²) >= 11 is 0. The van der Waals surface area contributed by atoms with Crippen LogP contribution in [0.2, 0.25) is 0 Å². The Labute approximate surface area is 109 Å². The summed E-state index contributed by atoms with van der Waals surface area (Å²) in [4.78, 5) is 13.7. The lowest BCUT2D eigenvalue weighted by Gasteiger charge is -2.38. The van der Waals surface area contributed by atoms with Gasteiger partial charge in [0.25, 0.3) is 0 Å². The fraction of sp³-hybridized carbons (Fsp3) is 0.923. The molecule has 3 N–H and O–H groups in total. The Balaban J connectivity index is 2.79. The van der Waals surface area contributed by atoms with Crippen molar-refractivity contribution in [3.63, 3.8) is 0 Å². The number of ether oxygens (including phenoxy) is 1. The van der Waals surface area contributed by atoms with Gasteiger partial charge in [0.15, 0.2) is 0 Å². The summed E-state index contributed by atoms with van der Waals surface area (Å²) in [6.07, 6.45) is 1.84. The van der Waals surface area contributed by atoms with Crippen LogP contribution in [-0.2, 0) is 4.74 Å². The Kier molecular flexibility index (Phi) is 4.61. The van der Waals surface area contributed by atoms with E-state index in [-0.39, 0.29) is 18.7 Å². The van der Waals surface area contributed by atoms with Crippen LogP contribution in [0.3, 0.4) is 0 Å². The Morgan fingerprint density at radius 2 is 2.11 bits per heavy atom. The van der Waals surface area contributed by atoms with E-state index in [9.17, 15) is 9.90 Å². The molecule has 0 spiro atoms. The first-order chi connectivity index (χ1) is 8.23. The first-order valence-corrected chi connectivity index (χ1v) is 6.65. The number of carbonyl (C=O) groups excluding carboxylic acids is 1. The van der Waals surface area contributed by atoms with Gasteiger partial charge in [-0.1, -0.05) is 6.92 Å². The van der Waals surface area contributed by atoms with Crippen LogP contribution in [0, 0.1) is 0 Å². The lowest BCUT2D eigenvalue weighted by atomic mass is 9.89. The monoisotopic (exact) mass is 258 g/mol. The predicted molar refractivity (Wildman–Crippen MR) is 70.3 cm³/mol. The third-order valence-corrected chi connectivity index (χ3v) is 3.47. The zero-order valence-corrected chi connectivity index (χ0v) is 11.9. The van der Waals surface area contributed by atoms with Crippen LogP contribution >= 0.6 is 0 Å². The van der Waals surface area contributed by atoms with Crippen molar-refractivity contribution in [3.8, 4) is 0 Å². The number of carbonyl (C=O) groups is 1. The molecule has 0 aromatic rings. The van der Waals surface area contributed by atoms with Crippen molar-refractivity contribution in [2.45, 2.75) is 64.2 Å². The highest BCUT2D eigenvalue weighted by atomic mass is 16.6. The summed E-state index contributed by atoms with van der Waals surface area (Å²) in [5.41, 5.74) is 4.14. The van der Waals surface area contributed by atoms with Crippen molar-refractivity contribution < 1.29 is 14.6 Å². The van der Waals surface area contributed by atoms with Gasteiger partial charge in [0, 0.05) is 13.1 Å². The molecule has 1 aliphatic rings. The van der Waals surface area contributed by atoms with E-state index in [0.29, 0.717) is 13.0 Å². The largest absolute Gasteiger partial charge is 0.444 e. The quantitative estimate of drug-likeness (QED) is 0.804. The maximum Gasteiger partial charge on any atom is 0.410 e. The Bertz CT molecular complexity index is 295. The van der Waals surface area contributed by atoms with Crippen LogP contribution in [0.25, 0.3) is 0 Å². The van der Waals surface area contributed by atoms with Crippen LogP contribution in [0.15, 0.2) is 0 Å². The van der Waals surface area contributed by atoms with Gasteiger partial charge in [-0.3, -0.25) is 0 Å². The number of hydrogen-bond donors (Lipinski definition) is 2. The van der Waals surface area contributed by atoms with E-state index < -0.39 is 11.2 Å². The number of rotatable bonds is 3. The minimum atomic E-state index is -1.01. The summed E-state index contributed by atoms with van der Waals surface area (Å²) in [6.45, 7) is 8.19. The van der Waals surface area contributed by atoms with E-state index in [1.54, 1.807) is 4.90 Å². The van der Waals surface area contributed by atoms with Gasteiger partial charge < -0.3 is 20.5 Å². The number of aliphatic hydroxyl groups is 1. The second-order valence-corrected chi connectivity index (χ2v) is 5.99. The topological polar surface area (TPSA) is 75.8 Å². The Hall–Kier alpha value is -0.810. The van der Waals surface area contributed by atoms with Crippen molar-refractivity contribution in [1.82, 2.24) is 4.90 Å². The summed E-state index contributed by atoms with van der Waals surface area (Å²) in [6, 6.07) is -0.234. The molecule has 1 fully saturated rings. The van der Waals surface area contributed by atoms with Gasteiger partial charge >= 0.3 is 6.09 Å². The summed E-state index contributed by atoms with van der Waals surface area (Å²) in [5.74, 6) is 0. The maximum absolute atomic E-state index is 12.1. The van der Waals surface area contributed by atoms with E-state index >= 15 is 0 Å². The minimum Gasteiger partial charge on any atom is -0.444 e. The second kappa shape index (κ2) is 5.45. The zero-order chi connectivity index (χ0) is 14.0. The number of nitrogens with zero attached hydrogens (tertiary/aromatic N) is 1. The van der Waals surface area contributed by atoms with Crippen molar-refractivity contribution in [2.75, 3.05) is 13.1 Å². The highest BCUT2D eigenvalue weighted by molar-refractivity contribution is 5.69. The van der Waals surface area contributed by atoms with Crippen LogP contribution in [0.1, 0.15) is 47.0 Å². The molecule has 0 radical (unpaired) electrons. The lowest BCUT2D eigenvalue weighted by molar-refractivity contribution is -0.0408. The molecule has 18 heavy (non-hydrogen) atoms. The molecule has 0 bridgehead atoms. The molecule has 0 unspecified atom stereocenters. The van der Waals surface area contributed by atoms with Crippen LogP contribution < -0.4 is 5.73 Å². The third-order valence-electron chi connectivity index (χ3n) is 3.47. The highest BCUT2D eigenvalue weighted by Gasteiger charge is 2.43. The van der Waals surface area contributed by atoms with Crippen molar-refractivity contribution in [3.05, 3.63) is 0 Å². The van der Waals surface area contributed by atoms with Gasteiger partial charge in [0.1, 0.15) is 5.60 Å². The Morgan fingerprint density at radius 1 is 1.50 bits per heavy atom. The van der Waals surface area contributed by atoms with E-state index in [1.807, 2.05) is 27.7 Å². The fourth-order valence-corrected chi connectivity index (χ4v) is 2.38. The average Bonchev–Trinajstić information content (AvgIpc) is 2.75. The van der Waals surface area contributed by atoms with E-state index in [0.717, 1.165) is 12.8 Å². The van der Waals surface area contributed by atoms with Gasteiger partial charge in [-0.2, -0.15) is 0 Å². The second-order valence-electron chi connectivity index (χ2n) is 5.99. The number of likely N-dealkylation sites (tertiary alicyclic amines) is 1. The number of amides is 1. The molecule has 1 rings (SSSR count). The fourth-order valence-electron chi connectivity index (χ4n) is 2.38. The summed E-state index contributed by atoms with van der Waals surface area (Å²) < 4.78 is 5.37. The van der Waals surface area contributed by atoms with Crippen molar-refractivity contribution in [1.29, 1.82) is 0 Å². The standard InChI is InChI=1S/C13H26N2O3/c1-5-13(17,9-14)10-7-6-8-15(10)11(16)18-12(2,3)4/h10,17H,5-9,14H2,1-4H3/t10-,13+/m0/s1. The molecule has 5 heteroatoms. The van der Waals surface area contributed by atoms with Gasteiger partial charge in [0.2, 0.25) is 0 Å². The molecule has 2 atom stereocenters. The van der Waals surface area contributed by atoms with Gasteiger partial charge in [-0.25, -0.2) is 4.79 Å². The summed E-state index contributed by atoms with van der Waals surface area (Å²) in [7, 11) is 0. The summed E-state index contributed by atoms with van der Waals surface area (Å²) in [5, 5.41) is 10.5. The highest BCUT2D eigenvalue weighted by Crippen LogP contribution is 2.30. The molecule has 5 nitrogen and oxygen atoms in total. The number of hydrogen-bond acceptors (Lipinski definition) is 4. The van der Waals surface area contributed by atoms with E-state index in [4.69, 9.17) is 10.5 Å². The van der Waals surface area contributed by atoms with Crippen LogP contribution in [0.5, 0.6) is 0 Å². The maximum atomic E-state index is 12.1. The molecule has 0 aromatic heterocycles. The normalized spacial score (nSPS) is 23.9. The van der Waals surface area contributed by atoms with Gasteiger partial charge in [0.05, 0.1) is 11.6 Å². The van der Waals surface area contributed by atoms with Gasteiger partial charge in [-0.15, -0.1) is 0 Å². The lowest BCUT2D eigenvalue weighted by Crippen LogP contribution is -2.56. The Morgan fingerprint density at radius 3 is 2.56 bits per heavy atom. The molecule has 0 saturated carbocycles. The van der Waals surface area contributed by atoms with Crippen molar-refractivity contribution in [2.24, 2.45) is 5.73 Å². The molecule has 1 saturated heterocycles. The van der Waals surface area contributed by atoms with Gasteiger partial charge in [-0.05, 0) is 40.0 Å². The molecular formula is C13H26N2O3. The first-order valence-electron chi connectivity index (χ1n) is 6.65. The zero-order valence-electron chi connectivity index (χ0n) is 11.9. The number of nitrogens with two attached hydrogens (primary N) is 1. The SMILES string of the molecule is CC[C@@](O)(CN)[C@@H]1CCCN1C(=O)OC(C)(C)C. The average molecular weight is 258 g/mol. The molecule has 1 amide bonds. The molecule has 1 aliphatic heterocycles. The smallest absolute Gasteiger partial charge is 0.410 e. The molecule has 1 heterocycles.